The first-order chi connectivity index (χ1) is 7.58. The Hall–Kier alpha value is -0.760. The molecule has 7 heteroatoms. The normalized spacial score (nSPS) is 11.8. The molecule has 16 heavy (non-hydrogen) atoms. The molecule has 1 N–H and O–H groups in total. The Bertz CT molecular complexity index is 557. The number of rotatable bonds is 4. The summed E-state index contributed by atoms with van der Waals surface area (Å²) in [5.41, 5.74) is 0. The lowest BCUT2D eigenvalue weighted by atomic mass is 10.5. The van der Waals surface area contributed by atoms with E-state index in [0.29, 0.717) is 6.54 Å². The third-order valence-corrected chi connectivity index (χ3v) is 5.53. The van der Waals surface area contributed by atoms with Gasteiger partial charge < -0.3 is 0 Å². The van der Waals surface area contributed by atoms with E-state index >= 15 is 0 Å². The molecule has 2 heterocycles. The van der Waals surface area contributed by atoms with Crippen LogP contribution >= 0.6 is 22.7 Å². The first kappa shape index (κ1) is 11.7. The van der Waals surface area contributed by atoms with Crippen molar-refractivity contribution in [1.29, 1.82) is 0 Å². The SMILES string of the molecule is Cc1ncc(S(=O)(=O)NCc2cccs2)s1. The summed E-state index contributed by atoms with van der Waals surface area (Å²) < 4.78 is 26.4. The standard InChI is InChI=1S/C9H10N2O2S3/c1-7-10-6-9(15-7)16(12,13)11-5-8-3-2-4-14-8/h2-4,6,11H,5H2,1H3. The lowest BCUT2D eigenvalue weighted by molar-refractivity contribution is 0.584. The Morgan fingerprint density at radius 3 is 2.88 bits per heavy atom. The number of hydrogen-bond donors (Lipinski definition) is 1. The lowest BCUT2D eigenvalue weighted by Gasteiger charge is -2.01. The van der Waals surface area contributed by atoms with Gasteiger partial charge in [-0.05, 0) is 18.4 Å². The van der Waals surface area contributed by atoms with Crippen molar-refractivity contribution in [2.24, 2.45) is 0 Å². The largest absolute Gasteiger partial charge is 0.252 e. The van der Waals surface area contributed by atoms with Gasteiger partial charge in [-0.25, -0.2) is 18.1 Å². The summed E-state index contributed by atoms with van der Waals surface area (Å²) in [5, 5.41) is 2.66. The maximum absolute atomic E-state index is 11.8. The quantitative estimate of drug-likeness (QED) is 0.927. The van der Waals surface area contributed by atoms with E-state index in [0.717, 1.165) is 9.88 Å². The molecule has 0 fully saturated rings. The summed E-state index contributed by atoms with van der Waals surface area (Å²) in [5.74, 6) is 0. The Kier molecular flexibility index (Phi) is 3.38. The molecule has 0 radical (unpaired) electrons. The highest BCUT2D eigenvalue weighted by Gasteiger charge is 2.16. The van der Waals surface area contributed by atoms with Crippen molar-refractivity contribution < 1.29 is 8.42 Å². The van der Waals surface area contributed by atoms with Gasteiger partial charge in [0, 0.05) is 11.4 Å². The molecule has 4 nitrogen and oxygen atoms in total. The third-order valence-electron chi connectivity index (χ3n) is 1.88. The summed E-state index contributed by atoms with van der Waals surface area (Å²) >= 11 is 2.70. The van der Waals surface area contributed by atoms with Crippen molar-refractivity contribution in [3.8, 4) is 0 Å². The fraction of sp³-hybridized carbons (Fsp3) is 0.222. The number of nitrogens with one attached hydrogen (secondary N) is 1. The van der Waals surface area contributed by atoms with Gasteiger partial charge in [-0.1, -0.05) is 6.07 Å². The third kappa shape index (κ3) is 2.67. The van der Waals surface area contributed by atoms with Gasteiger partial charge >= 0.3 is 0 Å². The molecule has 0 atom stereocenters. The summed E-state index contributed by atoms with van der Waals surface area (Å²) in [6, 6.07) is 3.79. The molecule has 0 aliphatic heterocycles. The molecule has 0 saturated heterocycles. The Balaban J connectivity index is 2.09. The zero-order valence-electron chi connectivity index (χ0n) is 8.50. The van der Waals surface area contributed by atoms with Gasteiger partial charge in [-0.15, -0.1) is 22.7 Å². The maximum atomic E-state index is 11.8. The van der Waals surface area contributed by atoms with Crippen molar-refractivity contribution in [3.05, 3.63) is 33.6 Å². The zero-order chi connectivity index (χ0) is 11.6. The Labute approximate surface area is 102 Å². The van der Waals surface area contributed by atoms with Crippen LogP contribution in [0, 0.1) is 6.92 Å². The van der Waals surface area contributed by atoms with Crippen LogP contribution in [-0.2, 0) is 16.6 Å². The van der Waals surface area contributed by atoms with Crippen molar-refractivity contribution in [1.82, 2.24) is 9.71 Å². The summed E-state index contributed by atoms with van der Waals surface area (Å²) in [6.07, 6.45) is 1.39. The van der Waals surface area contributed by atoms with Crippen LogP contribution in [0.3, 0.4) is 0 Å². The average Bonchev–Trinajstić information content (AvgIpc) is 2.85. The second-order valence-corrected chi connectivity index (χ2v) is 7.36. The van der Waals surface area contributed by atoms with Crippen molar-refractivity contribution in [2.45, 2.75) is 17.7 Å². The predicted octanol–water partition coefficient (Wildman–Crippen LogP) is 1.99. The van der Waals surface area contributed by atoms with Crippen LogP contribution in [0.1, 0.15) is 9.88 Å². The van der Waals surface area contributed by atoms with Crippen LogP contribution in [0.4, 0.5) is 0 Å². The Morgan fingerprint density at radius 2 is 2.31 bits per heavy atom. The van der Waals surface area contributed by atoms with Gasteiger partial charge in [0.05, 0.1) is 11.2 Å². The maximum Gasteiger partial charge on any atom is 0.252 e. The minimum atomic E-state index is -3.40. The number of nitrogens with zero attached hydrogens (tertiary/aromatic N) is 1. The van der Waals surface area contributed by atoms with Crippen LogP contribution in [0.2, 0.25) is 0 Å². The molecule has 0 aliphatic rings. The van der Waals surface area contributed by atoms with Crippen molar-refractivity contribution in [2.75, 3.05) is 0 Å². The van der Waals surface area contributed by atoms with E-state index in [1.165, 1.54) is 28.9 Å². The molecule has 86 valence electrons. The minimum Gasteiger partial charge on any atom is -0.249 e. The summed E-state index contributed by atoms with van der Waals surface area (Å²) in [4.78, 5) is 4.92. The molecule has 2 rings (SSSR count). The molecule has 0 spiro atoms. The molecule has 0 amide bonds. The summed E-state index contributed by atoms with van der Waals surface area (Å²) in [7, 11) is -3.40. The molecule has 0 aromatic carbocycles. The Morgan fingerprint density at radius 1 is 1.50 bits per heavy atom. The molecular formula is C9H10N2O2S3. The highest BCUT2D eigenvalue weighted by molar-refractivity contribution is 7.91. The van der Waals surface area contributed by atoms with Crippen LogP contribution in [-0.4, -0.2) is 13.4 Å². The smallest absolute Gasteiger partial charge is 0.249 e. The van der Waals surface area contributed by atoms with E-state index < -0.39 is 10.0 Å². The lowest BCUT2D eigenvalue weighted by Crippen LogP contribution is -2.21. The average molecular weight is 274 g/mol. The number of sulfonamides is 1. The van der Waals surface area contributed by atoms with Gasteiger partial charge in [0.15, 0.2) is 4.21 Å². The van der Waals surface area contributed by atoms with Crippen LogP contribution in [0.15, 0.2) is 27.9 Å². The first-order valence-corrected chi connectivity index (χ1v) is 7.70. The van der Waals surface area contributed by atoms with E-state index in [1.807, 2.05) is 17.5 Å². The van der Waals surface area contributed by atoms with Crippen molar-refractivity contribution >= 4 is 32.7 Å². The second-order valence-electron chi connectivity index (χ2n) is 3.10. The molecule has 2 aromatic rings. The number of thiophene rings is 1. The molecule has 0 unspecified atom stereocenters. The van der Waals surface area contributed by atoms with Crippen LogP contribution in [0.25, 0.3) is 0 Å². The molecular weight excluding hydrogens is 264 g/mol. The number of hydrogen-bond acceptors (Lipinski definition) is 5. The van der Waals surface area contributed by atoms with E-state index in [1.54, 1.807) is 6.92 Å². The topological polar surface area (TPSA) is 59.1 Å². The first-order valence-electron chi connectivity index (χ1n) is 4.52. The summed E-state index contributed by atoms with van der Waals surface area (Å²) in [6.45, 7) is 2.11. The highest BCUT2D eigenvalue weighted by Crippen LogP contribution is 2.18. The van der Waals surface area contributed by atoms with Crippen LogP contribution < -0.4 is 4.72 Å². The van der Waals surface area contributed by atoms with E-state index in [9.17, 15) is 8.42 Å². The number of thiazole rings is 1. The fourth-order valence-corrected chi connectivity index (χ4v) is 4.01. The molecule has 2 aromatic heterocycles. The van der Waals surface area contributed by atoms with Gasteiger partial charge in [0.2, 0.25) is 0 Å². The fourth-order valence-electron chi connectivity index (χ4n) is 1.12. The van der Waals surface area contributed by atoms with E-state index in [-0.39, 0.29) is 4.21 Å². The van der Waals surface area contributed by atoms with Crippen molar-refractivity contribution in [3.63, 3.8) is 0 Å². The zero-order valence-corrected chi connectivity index (χ0v) is 11.0. The van der Waals surface area contributed by atoms with Gasteiger partial charge in [-0.3, -0.25) is 0 Å². The predicted molar refractivity (Wildman–Crippen MR) is 65.2 cm³/mol. The van der Waals surface area contributed by atoms with E-state index in [2.05, 4.69) is 9.71 Å². The van der Waals surface area contributed by atoms with Gasteiger partial charge in [0.25, 0.3) is 10.0 Å². The highest BCUT2D eigenvalue weighted by atomic mass is 32.2. The number of aromatic nitrogens is 1. The molecule has 0 saturated carbocycles. The second kappa shape index (κ2) is 4.62. The van der Waals surface area contributed by atoms with Crippen LogP contribution in [0.5, 0.6) is 0 Å². The van der Waals surface area contributed by atoms with Gasteiger partial charge in [-0.2, -0.15) is 0 Å². The monoisotopic (exact) mass is 274 g/mol. The molecule has 0 aliphatic carbocycles. The number of aryl methyl sites for hydroxylation is 1. The van der Waals surface area contributed by atoms with Gasteiger partial charge in [0.1, 0.15) is 0 Å². The molecule has 0 bridgehead atoms. The van der Waals surface area contributed by atoms with E-state index in [4.69, 9.17) is 0 Å². The minimum absolute atomic E-state index is 0.265.